The summed E-state index contributed by atoms with van der Waals surface area (Å²) in [5.74, 6) is 1.69. The van der Waals surface area contributed by atoms with Crippen LogP contribution in [0.25, 0.3) is 0 Å². The Labute approximate surface area is 194 Å². The predicted molar refractivity (Wildman–Crippen MR) is 126 cm³/mol. The number of guanidine groups is 1. The van der Waals surface area contributed by atoms with Crippen LogP contribution in [0.1, 0.15) is 12.0 Å². The summed E-state index contributed by atoms with van der Waals surface area (Å²) < 4.78 is 5.69. The van der Waals surface area contributed by atoms with Crippen molar-refractivity contribution in [3.05, 3.63) is 42.0 Å². The maximum atomic E-state index is 12.7. The summed E-state index contributed by atoms with van der Waals surface area (Å²) in [5.41, 5.74) is 1.20. The zero-order valence-electron chi connectivity index (χ0n) is 17.3. The van der Waals surface area contributed by atoms with Crippen LogP contribution in [-0.2, 0) is 9.59 Å². The average Bonchev–Trinajstić information content (AvgIpc) is 3.40. The number of carbonyl (C=O) groups excluding carboxylic acids is 2. The van der Waals surface area contributed by atoms with Gasteiger partial charge in [-0.2, -0.15) is 0 Å². The molecule has 30 heavy (non-hydrogen) atoms. The smallest absolute Gasteiger partial charge is 0.233 e. The third-order valence-electron chi connectivity index (χ3n) is 6.10. The highest BCUT2D eigenvalue weighted by Gasteiger charge is 2.58. The third kappa shape index (κ3) is 4.48. The van der Waals surface area contributed by atoms with Gasteiger partial charge in [0.15, 0.2) is 5.96 Å². The van der Waals surface area contributed by atoms with Gasteiger partial charge in [0, 0.05) is 20.1 Å². The van der Waals surface area contributed by atoms with Gasteiger partial charge in [-0.05, 0) is 37.3 Å². The molecule has 7 nitrogen and oxygen atoms in total. The van der Waals surface area contributed by atoms with Crippen molar-refractivity contribution in [2.75, 3.05) is 33.3 Å². The molecular formula is C22H29IN4O3. The molecule has 8 heteroatoms. The van der Waals surface area contributed by atoms with E-state index in [4.69, 9.17) is 4.74 Å². The Morgan fingerprint density at radius 3 is 2.27 bits per heavy atom. The summed E-state index contributed by atoms with van der Waals surface area (Å²) in [5, 5.41) is 6.35. The van der Waals surface area contributed by atoms with E-state index in [-0.39, 0.29) is 59.5 Å². The second-order valence-electron chi connectivity index (χ2n) is 7.92. The third-order valence-corrected chi connectivity index (χ3v) is 6.10. The maximum Gasteiger partial charge on any atom is 0.233 e. The van der Waals surface area contributed by atoms with Crippen LogP contribution < -0.4 is 15.4 Å². The number of rotatable bonds is 7. The molecule has 1 aromatic carbocycles. The number of ether oxygens (including phenoxy) is 1. The van der Waals surface area contributed by atoms with Crippen molar-refractivity contribution in [3.63, 3.8) is 0 Å². The zero-order valence-corrected chi connectivity index (χ0v) is 19.7. The molecule has 1 saturated carbocycles. The SMILES string of the molecule is CN=C(NCCOc1ccc(C)cc1)NCCN1C(=O)C2C3C=CC(C3)C2C1=O.I. The van der Waals surface area contributed by atoms with Crippen molar-refractivity contribution < 1.29 is 14.3 Å². The van der Waals surface area contributed by atoms with E-state index in [1.165, 1.54) is 10.5 Å². The van der Waals surface area contributed by atoms with E-state index < -0.39 is 0 Å². The lowest BCUT2D eigenvalue weighted by atomic mass is 9.85. The van der Waals surface area contributed by atoms with Gasteiger partial charge < -0.3 is 15.4 Å². The number of allylic oxidation sites excluding steroid dienone is 2. The Balaban J connectivity index is 0.00000256. The minimum absolute atomic E-state index is 0. The normalized spacial score (nSPS) is 26.6. The van der Waals surface area contributed by atoms with Crippen molar-refractivity contribution in [2.24, 2.45) is 28.7 Å². The first-order valence-electron chi connectivity index (χ1n) is 10.3. The molecule has 2 N–H and O–H groups in total. The number of carbonyl (C=O) groups is 2. The van der Waals surface area contributed by atoms with Crippen molar-refractivity contribution in [3.8, 4) is 5.75 Å². The van der Waals surface area contributed by atoms with E-state index in [2.05, 4.69) is 27.8 Å². The van der Waals surface area contributed by atoms with Crippen LogP contribution in [0, 0.1) is 30.6 Å². The lowest BCUT2D eigenvalue weighted by Gasteiger charge is -2.18. The molecule has 2 amide bonds. The van der Waals surface area contributed by atoms with E-state index in [9.17, 15) is 9.59 Å². The van der Waals surface area contributed by atoms with Crippen LogP contribution in [-0.4, -0.2) is 56.0 Å². The summed E-state index contributed by atoms with van der Waals surface area (Å²) in [6.07, 6.45) is 5.19. The lowest BCUT2D eigenvalue weighted by molar-refractivity contribution is -0.140. The quantitative estimate of drug-likeness (QED) is 0.142. The van der Waals surface area contributed by atoms with Gasteiger partial charge in [0.25, 0.3) is 0 Å². The van der Waals surface area contributed by atoms with Crippen LogP contribution in [0.3, 0.4) is 0 Å². The molecule has 2 fully saturated rings. The molecule has 0 radical (unpaired) electrons. The first-order valence-corrected chi connectivity index (χ1v) is 10.3. The summed E-state index contributed by atoms with van der Waals surface area (Å²) in [6, 6.07) is 7.92. The summed E-state index contributed by atoms with van der Waals surface area (Å²) >= 11 is 0. The number of likely N-dealkylation sites (tertiary alicyclic amines) is 1. The number of nitrogens with one attached hydrogen (secondary N) is 2. The van der Waals surface area contributed by atoms with Crippen molar-refractivity contribution in [1.29, 1.82) is 0 Å². The fourth-order valence-corrected chi connectivity index (χ4v) is 4.66. The van der Waals surface area contributed by atoms with E-state index in [1.807, 2.05) is 31.2 Å². The van der Waals surface area contributed by atoms with Crippen LogP contribution >= 0.6 is 24.0 Å². The van der Waals surface area contributed by atoms with E-state index >= 15 is 0 Å². The fraction of sp³-hybridized carbons (Fsp3) is 0.500. The molecule has 4 unspecified atom stereocenters. The number of amides is 2. The van der Waals surface area contributed by atoms with Crippen LogP contribution in [0.2, 0.25) is 0 Å². The molecule has 1 heterocycles. The molecule has 3 aliphatic rings. The van der Waals surface area contributed by atoms with Gasteiger partial charge in [-0.15, -0.1) is 24.0 Å². The monoisotopic (exact) mass is 524 g/mol. The number of aliphatic imine (C=N–C) groups is 1. The van der Waals surface area contributed by atoms with Gasteiger partial charge in [0.1, 0.15) is 12.4 Å². The summed E-state index contributed by atoms with van der Waals surface area (Å²) in [6.45, 7) is 3.97. The number of imide groups is 1. The average molecular weight is 524 g/mol. The Morgan fingerprint density at radius 2 is 1.67 bits per heavy atom. The Morgan fingerprint density at radius 1 is 1.07 bits per heavy atom. The Bertz CT molecular complexity index is 809. The zero-order chi connectivity index (χ0) is 20.4. The highest BCUT2D eigenvalue weighted by molar-refractivity contribution is 14.0. The summed E-state index contributed by atoms with van der Waals surface area (Å²) in [7, 11) is 1.69. The van der Waals surface area contributed by atoms with Gasteiger partial charge in [-0.1, -0.05) is 29.8 Å². The lowest BCUT2D eigenvalue weighted by Crippen LogP contribution is -2.44. The van der Waals surface area contributed by atoms with E-state index in [1.54, 1.807) is 7.05 Å². The maximum absolute atomic E-state index is 12.7. The topological polar surface area (TPSA) is 83.0 Å². The van der Waals surface area contributed by atoms with Gasteiger partial charge in [-0.25, -0.2) is 0 Å². The molecule has 4 atom stereocenters. The van der Waals surface area contributed by atoms with Crippen LogP contribution in [0.5, 0.6) is 5.75 Å². The first kappa shape index (κ1) is 22.6. The second kappa shape index (κ2) is 9.80. The second-order valence-corrected chi connectivity index (χ2v) is 7.92. The minimum Gasteiger partial charge on any atom is -0.492 e. The predicted octanol–water partition coefficient (Wildman–Crippen LogP) is 1.96. The fourth-order valence-electron chi connectivity index (χ4n) is 4.66. The minimum atomic E-state index is -0.131. The number of fused-ring (bicyclic) bond motifs is 5. The van der Waals surface area contributed by atoms with Gasteiger partial charge in [0.05, 0.1) is 18.4 Å². The number of hydrogen-bond donors (Lipinski definition) is 2. The highest BCUT2D eigenvalue weighted by Crippen LogP contribution is 2.52. The van der Waals surface area contributed by atoms with Gasteiger partial charge in [-0.3, -0.25) is 19.5 Å². The highest BCUT2D eigenvalue weighted by atomic mass is 127. The molecule has 1 aliphatic heterocycles. The van der Waals surface area contributed by atoms with Gasteiger partial charge >= 0.3 is 0 Å². The number of halogens is 1. The number of nitrogens with zero attached hydrogens (tertiary/aromatic N) is 2. The number of hydrogen-bond acceptors (Lipinski definition) is 4. The van der Waals surface area contributed by atoms with Crippen molar-refractivity contribution >= 4 is 41.8 Å². The Kier molecular flexibility index (Phi) is 7.38. The molecule has 2 aliphatic carbocycles. The largest absolute Gasteiger partial charge is 0.492 e. The summed E-state index contributed by atoms with van der Waals surface area (Å²) in [4.78, 5) is 31.0. The first-order chi connectivity index (χ1) is 14.1. The molecule has 0 spiro atoms. The van der Waals surface area contributed by atoms with Gasteiger partial charge in [0.2, 0.25) is 11.8 Å². The van der Waals surface area contributed by atoms with E-state index in [0.717, 1.165) is 12.2 Å². The number of benzene rings is 1. The standard InChI is InChI=1S/C22H28N4O3.HI/c1-14-3-7-17(8-4-14)29-12-10-25-22(23-2)24-9-11-26-20(27)18-15-5-6-16(13-15)19(18)21(26)28;/h3-8,15-16,18-19H,9-13H2,1-2H3,(H2,23,24,25);1H. The molecule has 2 bridgehead atoms. The molecular weight excluding hydrogens is 495 g/mol. The van der Waals surface area contributed by atoms with Crippen molar-refractivity contribution in [2.45, 2.75) is 13.3 Å². The van der Waals surface area contributed by atoms with Crippen LogP contribution in [0.4, 0.5) is 0 Å². The molecule has 1 saturated heterocycles. The van der Waals surface area contributed by atoms with Crippen LogP contribution in [0.15, 0.2) is 41.4 Å². The molecule has 4 rings (SSSR count). The number of aryl methyl sites for hydroxylation is 1. The molecule has 162 valence electrons. The molecule has 0 aromatic heterocycles. The van der Waals surface area contributed by atoms with Crippen molar-refractivity contribution in [1.82, 2.24) is 15.5 Å². The molecule has 1 aromatic rings. The van der Waals surface area contributed by atoms with E-state index in [0.29, 0.717) is 32.2 Å². The Hall–Kier alpha value is -2.10.